The van der Waals surface area contributed by atoms with Crippen LogP contribution < -0.4 is 10.1 Å². The van der Waals surface area contributed by atoms with Gasteiger partial charge in [-0.05, 0) is 19.9 Å². The second-order valence-electron chi connectivity index (χ2n) is 4.08. The molecule has 0 fully saturated rings. The van der Waals surface area contributed by atoms with E-state index in [9.17, 15) is 4.21 Å². The first-order valence-electron chi connectivity index (χ1n) is 6.49. The molecule has 0 saturated carbocycles. The molecule has 2 unspecified atom stereocenters. The minimum atomic E-state index is -0.702. The van der Waals surface area contributed by atoms with Crippen molar-refractivity contribution in [3.63, 3.8) is 0 Å². The third kappa shape index (κ3) is 4.78. The maximum atomic E-state index is 11.3. The van der Waals surface area contributed by atoms with Gasteiger partial charge in [0.05, 0.1) is 6.61 Å². The fourth-order valence-corrected chi connectivity index (χ4v) is 2.40. The molecule has 1 aromatic carbocycles. The van der Waals surface area contributed by atoms with Crippen LogP contribution in [0.25, 0.3) is 0 Å². The molecule has 18 heavy (non-hydrogen) atoms. The van der Waals surface area contributed by atoms with Gasteiger partial charge in [-0.3, -0.25) is 4.21 Å². The van der Waals surface area contributed by atoms with Crippen LogP contribution in [-0.2, 0) is 10.8 Å². The Kier molecular flexibility index (Phi) is 6.98. The predicted octanol–water partition coefficient (Wildman–Crippen LogP) is 2.50. The van der Waals surface area contributed by atoms with Crippen molar-refractivity contribution in [3.8, 4) is 5.75 Å². The van der Waals surface area contributed by atoms with Crippen molar-refractivity contribution in [2.45, 2.75) is 26.8 Å². The molecule has 2 atom stereocenters. The van der Waals surface area contributed by atoms with Gasteiger partial charge in [-0.25, -0.2) is 0 Å². The first-order valence-corrected chi connectivity index (χ1v) is 7.97. The summed E-state index contributed by atoms with van der Waals surface area (Å²) in [4.78, 5) is 0. The molecule has 0 spiro atoms. The standard InChI is InChI=1S/C14H23NO2S/c1-4-17-14-9-7-6-8-13(14)12(3)15-10-11-18(16)5-2/h6-9,12,15H,4-5,10-11H2,1-3H3. The van der Waals surface area contributed by atoms with Gasteiger partial charge in [0, 0.05) is 40.5 Å². The number of benzene rings is 1. The first-order chi connectivity index (χ1) is 8.69. The average molecular weight is 269 g/mol. The number of hydrogen-bond acceptors (Lipinski definition) is 3. The van der Waals surface area contributed by atoms with Gasteiger partial charge in [0.2, 0.25) is 0 Å². The predicted molar refractivity (Wildman–Crippen MR) is 77.6 cm³/mol. The molecular formula is C14H23NO2S. The molecule has 0 heterocycles. The van der Waals surface area contributed by atoms with Crippen LogP contribution >= 0.6 is 0 Å². The lowest BCUT2D eigenvalue weighted by atomic mass is 10.1. The Labute approximate surface area is 112 Å². The highest BCUT2D eigenvalue weighted by molar-refractivity contribution is 7.84. The van der Waals surface area contributed by atoms with E-state index in [1.807, 2.05) is 32.0 Å². The van der Waals surface area contributed by atoms with Gasteiger partial charge in [-0.15, -0.1) is 0 Å². The molecule has 1 N–H and O–H groups in total. The third-order valence-corrected chi connectivity index (χ3v) is 4.09. The third-order valence-electron chi connectivity index (χ3n) is 2.79. The Bertz CT molecular complexity index is 382. The zero-order valence-corrected chi connectivity index (χ0v) is 12.3. The second-order valence-corrected chi connectivity index (χ2v) is 5.94. The molecule has 0 aromatic heterocycles. The Hall–Kier alpha value is -0.870. The van der Waals surface area contributed by atoms with E-state index in [1.54, 1.807) is 0 Å². The van der Waals surface area contributed by atoms with E-state index in [0.717, 1.165) is 23.6 Å². The van der Waals surface area contributed by atoms with Crippen molar-refractivity contribution in [1.29, 1.82) is 0 Å². The minimum absolute atomic E-state index is 0.210. The summed E-state index contributed by atoms with van der Waals surface area (Å²) >= 11 is 0. The highest BCUT2D eigenvalue weighted by Gasteiger charge is 2.10. The zero-order chi connectivity index (χ0) is 13.4. The Morgan fingerprint density at radius 2 is 2.06 bits per heavy atom. The largest absolute Gasteiger partial charge is 0.494 e. The van der Waals surface area contributed by atoms with Gasteiger partial charge in [-0.1, -0.05) is 25.1 Å². The fraction of sp³-hybridized carbons (Fsp3) is 0.571. The van der Waals surface area contributed by atoms with Crippen LogP contribution in [0.5, 0.6) is 5.75 Å². The van der Waals surface area contributed by atoms with Crippen LogP contribution in [0.4, 0.5) is 0 Å². The van der Waals surface area contributed by atoms with Crippen LogP contribution in [-0.4, -0.2) is 28.9 Å². The molecule has 0 amide bonds. The molecule has 0 aliphatic rings. The van der Waals surface area contributed by atoms with E-state index in [1.165, 1.54) is 0 Å². The lowest BCUT2D eigenvalue weighted by Crippen LogP contribution is -2.24. The fourth-order valence-electron chi connectivity index (χ4n) is 1.77. The molecule has 0 bridgehead atoms. The first kappa shape index (κ1) is 15.2. The highest BCUT2D eigenvalue weighted by atomic mass is 32.2. The normalized spacial score (nSPS) is 14.2. The molecule has 0 saturated heterocycles. The van der Waals surface area contributed by atoms with Crippen molar-refractivity contribution in [3.05, 3.63) is 29.8 Å². The van der Waals surface area contributed by atoms with Gasteiger partial charge >= 0.3 is 0 Å². The van der Waals surface area contributed by atoms with Crippen molar-refractivity contribution >= 4 is 10.8 Å². The summed E-state index contributed by atoms with van der Waals surface area (Å²) < 4.78 is 17.0. The summed E-state index contributed by atoms with van der Waals surface area (Å²) in [5.41, 5.74) is 1.15. The van der Waals surface area contributed by atoms with E-state index < -0.39 is 10.8 Å². The maximum absolute atomic E-state index is 11.3. The van der Waals surface area contributed by atoms with Gasteiger partial charge < -0.3 is 10.1 Å². The van der Waals surface area contributed by atoms with Crippen LogP contribution in [0.3, 0.4) is 0 Å². The monoisotopic (exact) mass is 269 g/mol. The summed E-state index contributed by atoms with van der Waals surface area (Å²) in [7, 11) is -0.702. The van der Waals surface area contributed by atoms with Crippen molar-refractivity contribution in [2.24, 2.45) is 0 Å². The number of hydrogen-bond donors (Lipinski definition) is 1. The number of nitrogens with one attached hydrogen (secondary N) is 1. The van der Waals surface area contributed by atoms with E-state index in [2.05, 4.69) is 18.3 Å². The molecule has 1 aromatic rings. The quantitative estimate of drug-likeness (QED) is 0.788. The molecule has 3 nitrogen and oxygen atoms in total. The van der Waals surface area contributed by atoms with Crippen molar-refractivity contribution < 1.29 is 8.95 Å². The van der Waals surface area contributed by atoms with Crippen LogP contribution in [0.15, 0.2) is 24.3 Å². The maximum Gasteiger partial charge on any atom is 0.124 e. The highest BCUT2D eigenvalue weighted by Crippen LogP contribution is 2.24. The topological polar surface area (TPSA) is 38.3 Å². The molecule has 0 aliphatic heterocycles. The van der Waals surface area contributed by atoms with E-state index in [0.29, 0.717) is 12.4 Å². The number of rotatable bonds is 8. The molecule has 0 aliphatic carbocycles. The number of para-hydroxylation sites is 1. The summed E-state index contributed by atoms with van der Waals surface area (Å²) in [6.07, 6.45) is 0. The zero-order valence-electron chi connectivity index (χ0n) is 11.4. The summed E-state index contributed by atoms with van der Waals surface area (Å²) in [5, 5.41) is 3.39. The Balaban J connectivity index is 2.55. The molecule has 0 radical (unpaired) electrons. The molecule has 4 heteroatoms. The van der Waals surface area contributed by atoms with E-state index >= 15 is 0 Å². The Morgan fingerprint density at radius 3 is 2.72 bits per heavy atom. The smallest absolute Gasteiger partial charge is 0.124 e. The van der Waals surface area contributed by atoms with Gasteiger partial charge in [0.15, 0.2) is 0 Å². The Morgan fingerprint density at radius 1 is 1.33 bits per heavy atom. The van der Waals surface area contributed by atoms with Gasteiger partial charge in [-0.2, -0.15) is 0 Å². The summed E-state index contributed by atoms with van der Waals surface area (Å²) in [6, 6.07) is 8.26. The minimum Gasteiger partial charge on any atom is -0.494 e. The lowest BCUT2D eigenvalue weighted by molar-refractivity contribution is 0.332. The van der Waals surface area contributed by atoms with Gasteiger partial charge in [0.25, 0.3) is 0 Å². The van der Waals surface area contributed by atoms with Gasteiger partial charge in [0.1, 0.15) is 5.75 Å². The summed E-state index contributed by atoms with van der Waals surface area (Å²) in [5.74, 6) is 2.36. The lowest BCUT2D eigenvalue weighted by Gasteiger charge is -2.17. The second kappa shape index (κ2) is 8.27. The van der Waals surface area contributed by atoms with Crippen molar-refractivity contribution in [2.75, 3.05) is 24.7 Å². The SMILES string of the molecule is CCOc1ccccc1C(C)NCCS(=O)CC. The van der Waals surface area contributed by atoms with E-state index in [-0.39, 0.29) is 6.04 Å². The molecule has 102 valence electrons. The molecular weight excluding hydrogens is 246 g/mol. The number of ether oxygens (including phenoxy) is 1. The van der Waals surface area contributed by atoms with Crippen LogP contribution in [0.2, 0.25) is 0 Å². The van der Waals surface area contributed by atoms with Crippen molar-refractivity contribution in [1.82, 2.24) is 5.32 Å². The average Bonchev–Trinajstić information content (AvgIpc) is 2.39. The van der Waals surface area contributed by atoms with E-state index in [4.69, 9.17) is 4.74 Å². The molecule has 1 rings (SSSR count). The van der Waals surface area contributed by atoms with Crippen LogP contribution in [0.1, 0.15) is 32.4 Å². The van der Waals surface area contributed by atoms with Crippen LogP contribution in [0, 0.1) is 0 Å². The summed E-state index contributed by atoms with van der Waals surface area (Å²) in [6.45, 7) is 7.47.